The Balaban J connectivity index is 1.12. The molecule has 0 radical (unpaired) electrons. The molecule has 0 aromatic heterocycles. The van der Waals surface area contributed by atoms with Crippen LogP contribution in [0.1, 0.15) is 83.4 Å². The second-order valence-corrected chi connectivity index (χ2v) is 18.5. The van der Waals surface area contributed by atoms with Crippen LogP contribution in [0, 0.1) is 5.41 Å². The zero-order valence-electron chi connectivity index (χ0n) is 37.9. The quantitative estimate of drug-likeness (QED) is 0.0884. The lowest BCUT2D eigenvalue weighted by molar-refractivity contribution is -0.386. The highest BCUT2D eigenvalue weighted by atomic mass is 16.8. The lowest BCUT2D eigenvalue weighted by Crippen LogP contribution is -2.70. The highest BCUT2D eigenvalue weighted by Gasteiger charge is 2.59. The molecule has 12 nitrogen and oxygen atoms in total. The maximum Gasteiger partial charge on any atom is 0.262 e. The van der Waals surface area contributed by atoms with Gasteiger partial charge in [0.2, 0.25) is 0 Å². The first-order valence-electron chi connectivity index (χ1n) is 22.9. The van der Waals surface area contributed by atoms with Gasteiger partial charge in [0.25, 0.3) is 11.8 Å². The number of benzene rings is 5. The average Bonchev–Trinajstić information content (AvgIpc) is 3.58. The molecular formula is C54H59NO11. The van der Waals surface area contributed by atoms with E-state index in [1.165, 1.54) is 4.90 Å². The van der Waals surface area contributed by atoms with E-state index in [2.05, 4.69) is 20.8 Å². The Kier molecular flexibility index (Phi) is 14.5. The Morgan fingerprint density at radius 2 is 1.06 bits per heavy atom. The molecule has 5 aromatic rings. The molecule has 3 saturated heterocycles. The predicted octanol–water partition coefficient (Wildman–Crippen LogP) is 8.83. The van der Waals surface area contributed by atoms with Crippen molar-refractivity contribution in [2.24, 2.45) is 5.41 Å². The molecule has 4 heterocycles. The van der Waals surface area contributed by atoms with E-state index in [0.29, 0.717) is 13.0 Å². The largest absolute Gasteiger partial charge is 0.368 e. The lowest BCUT2D eigenvalue weighted by Gasteiger charge is -2.53. The van der Waals surface area contributed by atoms with Gasteiger partial charge in [0.15, 0.2) is 18.9 Å². The molecule has 3 fully saturated rings. The summed E-state index contributed by atoms with van der Waals surface area (Å²) in [6.45, 7) is 9.45. The maximum atomic E-state index is 14.6. The molecular weight excluding hydrogens is 839 g/mol. The van der Waals surface area contributed by atoms with Gasteiger partial charge >= 0.3 is 0 Å². The Morgan fingerprint density at radius 1 is 0.561 bits per heavy atom. The van der Waals surface area contributed by atoms with Crippen LogP contribution in [0.3, 0.4) is 0 Å². The van der Waals surface area contributed by atoms with E-state index in [0.717, 1.165) is 22.3 Å². The van der Waals surface area contributed by atoms with E-state index in [1.54, 1.807) is 24.3 Å². The molecule has 12 heteroatoms. The molecule has 2 amide bonds. The summed E-state index contributed by atoms with van der Waals surface area (Å²) in [7, 11) is 0. The van der Waals surface area contributed by atoms with Gasteiger partial charge < -0.3 is 42.6 Å². The van der Waals surface area contributed by atoms with Crippen molar-refractivity contribution >= 4 is 11.8 Å². The highest BCUT2D eigenvalue weighted by molar-refractivity contribution is 6.21. The number of amides is 2. The average molecular weight is 898 g/mol. The third-order valence-corrected chi connectivity index (χ3v) is 12.5. The SMILES string of the molecule is C[C@@H]1O[C@@H](O[C@H]2[C@@H]3OC(c4ccccc4)OC[C@H]3O[C@@H](OCCC(C)(C)C)[C@@H]2N2C(=O)c3ccccc3C2=O)[C@@H](OCc2ccccc2)[C@H](OCc2ccccc2)[C@@H]1OCc1ccccc1. The number of hydrogen-bond acceptors (Lipinski definition) is 11. The first-order valence-corrected chi connectivity index (χ1v) is 22.9. The Morgan fingerprint density at radius 3 is 1.61 bits per heavy atom. The van der Waals surface area contributed by atoms with Crippen molar-refractivity contribution in [3.05, 3.63) is 179 Å². The van der Waals surface area contributed by atoms with Gasteiger partial charge in [0, 0.05) is 5.56 Å². The van der Waals surface area contributed by atoms with Crippen molar-refractivity contribution in [2.45, 2.75) is 122 Å². The number of nitrogens with zero attached hydrogens (tertiary/aromatic N) is 1. The predicted molar refractivity (Wildman–Crippen MR) is 244 cm³/mol. The minimum absolute atomic E-state index is 0.0820. The third-order valence-electron chi connectivity index (χ3n) is 12.5. The molecule has 0 bridgehead atoms. The summed E-state index contributed by atoms with van der Waals surface area (Å²) in [5, 5.41) is 0. The summed E-state index contributed by atoms with van der Waals surface area (Å²) in [4.78, 5) is 30.5. The molecule has 0 aliphatic carbocycles. The summed E-state index contributed by atoms with van der Waals surface area (Å²) in [6.07, 6.45) is -7.93. The zero-order valence-corrected chi connectivity index (χ0v) is 37.9. The summed E-state index contributed by atoms with van der Waals surface area (Å²) < 4.78 is 61.5. The first kappa shape index (κ1) is 46.0. The number of carbonyl (C=O) groups excluding carboxylic acids is 2. The van der Waals surface area contributed by atoms with Crippen molar-refractivity contribution < 1.29 is 52.2 Å². The van der Waals surface area contributed by atoms with Gasteiger partial charge in [-0.1, -0.05) is 154 Å². The normalized spacial score (nSPS) is 28.8. The second kappa shape index (κ2) is 20.8. The van der Waals surface area contributed by atoms with Gasteiger partial charge in [0.05, 0.1) is 50.3 Å². The lowest BCUT2D eigenvalue weighted by atomic mass is 9.92. The molecule has 5 aromatic carbocycles. The molecule has 0 saturated carbocycles. The number of carbonyl (C=O) groups is 2. The van der Waals surface area contributed by atoms with Crippen molar-refractivity contribution in [2.75, 3.05) is 13.2 Å². The fourth-order valence-electron chi connectivity index (χ4n) is 9.00. The molecule has 0 spiro atoms. The van der Waals surface area contributed by atoms with E-state index in [9.17, 15) is 9.59 Å². The van der Waals surface area contributed by atoms with Crippen LogP contribution >= 0.6 is 0 Å². The maximum absolute atomic E-state index is 14.6. The van der Waals surface area contributed by atoms with Gasteiger partial charge in [-0.25, -0.2) is 0 Å². The van der Waals surface area contributed by atoms with Gasteiger partial charge in [-0.05, 0) is 47.6 Å². The summed E-state index contributed by atoms with van der Waals surface area (Å²) in [6, 6.07) is 45.0. The minimum atomic E-state index is -1.14. The van der Waals surface area contributed by atoms with Crippen LogP contribution in [0.4, 0.5) is 0 Å². The summed E-state index contributed by atoms with van der Waals surface area (Å²) in [5.74, 6) is -0.971. The van der Waals surface area contributed by atoms with E-state index in [1.807, 2.05) is 128 Å². The smallest absolute Gasteiger partial charge is 0.262 e. The topological polar surface area (TPSA) is 120 Å². The molecule has 346 valence electrons. The second-order valence-electron chi connectivity index (χ2n) is 18.5. The molecule has 4 aliphatic rings. The monoisotopic (exact) mass is 897 g/mol. The van der Waals surface area contributed by atoms with E-state index >= 15 is 0 Å². The van der Waals surface area contributed by atoms with E-state index < -0.39 is 79.5 Å². The number of imide groups is 1. The van der Waals surface area contributed by atoms with Crippen molar-refractivity contribution in [3.8, 4) is 0 Å². The molecule has 11 atom stereocenters. The number of rotatable bonds is 16. The van der Waals surface area contributed by atoms with Crippen molar-refractivity contribution in [1.29, 1.82) is 0 Å². The Labute approximate surface area is 386 Å². The van der Waals surface area contributed by atoms with Crippen LogP contribution in [-0.4, -0.2) is 91.3 Å². The van der Waals surface area contributed by atoms with E-state index in [4.69, 9.17) is 42.6 Å². The Hall–Kier alpha value is -5.12. The van der Waals surface area contributed by atoms with Gasteiger partial charge in [0.1, 0.15) is 42.7 Å². The number of fused-ring (bicyclic) bond motifs is 2. The fraction of sp³-hybridized carbons (Fsp3) is 0.407. The van der Waals surface area contributed by atoms with Crippen LogP contribution in [0.5, 0.6) is 0 Å². The first-order chi connectivity index (χ1) is 32.1. The van der Waals surface area contributed by atoms with Gasteiger partial charge in [-0.2, -0.15) is 0 Å². The molecule has 66 heavy (non-hydrogen) atoms. The fourth-order valence-corrected chi connectivity index (χ4v) is 9.00. The van der Waals surface area contributed by atoms with E-state index in [-0.39, 0.29) is 43.0 Å². The van der Waals surface area contributed by atoms with Crippen LogP contribution in [0.25, 0.3) is 0 Å². The van der Waals surface area contributed by atoms with Gasteiger partial charge in [-0.3, -0.25) is 14.5 Å². The van der Waals surface area contributed by atoms with Crippen LogP contribution in [0.15, 0.2) is 146 Å². The summed E-state index contributed by atoms with van der Waals surface area (Å²) in [5.41, 5.74) is 4.16. The highest BCUT2D eigenvalue weighted by Crippen LogP contribution is 2.42. The third kappa shape index (κ3) is 10.5. The number of ether oxygens (including phenoxy) is 9. The Bertz CT molecular complexity index is 2310. The molecule has 0 N–H and O–H groups in total. The molecule has 1 unspecified atom stereocenters. The minimum Gasteiger partial charge on any atom is -0.368 e. The molecule has 4 aliphatic heterocycles. The molecule has 9 rings (SSSR count). The van der Waals surface area contributed by atoms with Gasteiger partial charge in [-0.15, -0.1) is 0 Å². The number of hydrogen-bond donors (Lipinski definition) is 0. The standard InChI is InChI=1S/C54H59NO11/c1-35-44(59-31-36-19-9-5-10-20-36)47(60-32-37-21-11-6-12-22-37)48(61-33-38-23-13-7-14-24-38)53(63-35)66-46-43(55-49(56)40-27-17-18-28-41(40)50(55)57)52(58-30-29-54(2,3)4)64-42-34-62-51(65-45(42)46)39-25-15-8-16-26-39/h5-28,35,42-48,51-53H,29-34H2,1-4H3/t35-,42+,43+,44+,45+,46+,47+,48-,51?,52+,53-/m0/s1. The summed E-state index contributed by atoms with van der Waals surface area (Å²) >= 11 is 0. The zero-order chi connectivity index (χ0) is 45.6. The van der Waals surface area contributed by atoms with Crippen molar-refractivity contribution in [1.82, 2.24) is 4.90 Å². The van der Waals surface area contributed by atoms with Crippen LogP contribution < -0.4 is 0 Å². The van der Waals surface area contributed by atoms with Crippen molar-refractivity contribution in [3.63, 3.8) is 0 Å². The van der Waals surface area contributed by atoms with Crippen LogP contribution in [-0.2, 0) is 62.5 Å². The van der Waals surface area contributed by atoms with Crippen LogP contribution in [0.2, 0.25) is 0 Å².